The molecular weight excluding hydrogens is 191 g/mol. The van der Waals surface area contributed by atoms with Crippen LogP contribution in [0.2, 0.25) is 0 Å². The predicted molar refractivity (Wildman–Crippen MR) is 56.9 cm³/mol. The number of halogens is 1. The zero-order chi connectivity index (χ0) is 10.7. The lowest BCUT2D eigenvalue weighted by Gasteiger charge is -2.11. The fraction of sp³-hybridized carbons (Fsp3) is 0.0769. The van der Waals surface area contributed by atoms with Gasteiger partial charge in [-0.1, -0.05) is 48.5 Å². The van der Waals surface area contributed by atoms with Crippen LogP contribution in [0.15, 0.2) is 54.6 Å². The zero-order valence-corrected chi connectivity index (χ0v) is 8.10. The van der Waals surface area contributed by atoms with E-state index in [9.17, 15) is 9.50 Å². The maximum atomic E-state index is 13.4. The lowest BCUT2D eigenvalue weighted by atomic mass is 10.0. The molecule has 0 saturated carbocycles. The van der Waals surface area contributed by atoms with Gasteiger partial charge in [0, 0.05) is 5.56 Å². The van der Waals surface area contributed by atoms with Crippen molar-refractivity contribution in [2.75, 3.05) is 0 Å². The molecule has 1 nitrogen and oxygen atoms in total. The first-order chi connectivity index (χ1) is 7.29. The quantitative estimate of drug-likeness (QED) is 0.793. The Hall–Kier alpha value is -1.67. The third-order valence-corrected chi connectivity index (χ3v) is 2.32. The van der Waals surface area contributed by atoms with Gasteiger partial charge in [0.2, 0.25) is 0 Å². The summed E-state index contributed by atoms with van der Waals surface area (Å²) >= 11 is 0. The number of aliphatic hydroxyl groups is 1. The zero-order valence-electron chi connectivity index (χ0n) is 8.10. The molecule has 0 amide bonds. The third kappa shape index (κ3) is 2.05. The van der Waals surface area contributed by atoms with Crippen LogP contribution in [-0.4, -0.2) is 5.11 Å². The van der Waals surface area contributed by atoms with Gasteiger partial charge in [-0.25, -0.2) is 4.39 Å². The summed E-state index contributed by atoms with van der Waals surface area (Å²) in [7, 11) is 0. The Morgan fingerprint density at radius 2 is 1.47 bits per heavy atom. The van der Waals surface area contributed by atoms with E-state index in [1.165, 1.54) is 6.07 Å². The van der Waals surface area contributed by atoms with Gasteiger partial charge in [0.1, 0.15) is 11.9 Å². The topological polar surface area (TPSA) is 20.2 Å². The van der Waals surface area contributed by atoms with Crippen LogP contribution in [0.4, 0.5) is 4.39 Å². The Bertz CT molecular complexity index is 439. The van der Waals surface area contributed by atoms with Crippen LogP contribution in [0.25, 0.3) is 0 Å². The maximum Gasteiger partial charge on any atom is 0.129 e. The molecule has 76 valence electrons. The van der Waals surface area contributed by atoms with Gasteiger partial charge in [-0.2, -0.15) is 0 Å². The fourth-order valence-corrected chi connectivity index (χ4v) is 1.51. The van der Waals surface area contributed by atoms with Gasteiger partial charge in [0.05, 0.1) is 0 Å². The van der Waals surface area contributed by atoms with E-state index in [4.69, 9.17) is 0 Å². The van der Waals surface area contributed by atoms with E-state index in [0.29, 0.717) is 11.1 Å². The number of rotatable bonds is 2. The molecule has 1 N–H and O–H groups in total. The van der Waals surface area contributed by atoms with Crippen LogP contribution < -0.4 is 0 Å². The Balaban J connectivity index is 2.37. The molecule has 2 rings (SSSR count). The lowest BCUT2D eigenvalue weighted by Crippen LogP contribution is -2.01. The number of benzene rings is 2. The monoisotopic (exact) mass is 202 g/mol. The second-order valence-electron chi connectivity index (χ2n) is 3.33. The van der Waals surface area contributed by atoms with Crippen molar-refractivity contribution in [1.82, 2.24) is 0 Å². The van der Waals surface area contributed by atoms with Crippen molar-refractivity contribution < 1.29 is 9.50 Å². The van der Waals surface area contributed by atoms with Crippen LogP contribution in [-0.2, 0) is 0 Å². The first-order valence-corrected chi connectivity index (χ1v) is 4.76. The SMILES string of the molecule is O[C@@H](c1ccccc1)c1ccccc1F. The Kier molecular flexibility index (Phi) is 2.79. The van der Waals surface area contributed by atoms with Gasteiger partial charge in [-0.3, -0.25) is 0 Å². The van der Waals surface area contributed by atoms with Crippen molar-refractivity contribution in [3.63, 3.8) is 0 Å². The van der Waals surface area contributed by atoms with Crippen LogP contribution in [0.1, 0.15) is 17.2 Å². The molecule has 0 aromatic heterocycles. The van der Waals surface area contributed by atoms with Gasteiger partial charge in [-0.15, -0.1) is 0 Å². The van der Waals surface area contributed by atoms with Crippen LogP contribution in [0.3, 0.4) is 0 Å². The highest BCUT2D eigenvalue weighted by atomic mass is 19.1. The Labute approximate surface area is 87.8 Å². The van der Waals surface area contributed by atoms with Gasteiger partial charge in [0.15, 0.2) is 0 Å². The normalized spacial score (nSPS) is 12.4. The van der Waals surface area contributed by atoms with Crippen molar-refractivity contribution in [1.29, 1.82) is 0 Å². The lowest BCUT2D eigenvalue weighted by molar-refractivity contribution is 0.215. The molecule has 0 aliphatic carbocycles. The number of hydrogen-bond acceptors (Lipinski definition) is 1. The molecule has 2 heteroatoms. The molecule has 0 unspecified atom stereocenters. The van der Waals surface area contributed by atoms with Crippen molar-refractivity contribution in [3.8, 4) is 0 Å². The second-order valence-corrected chi connectivity index (χ2v) is 3.33. The van der Waals surface area contributed by atoms with Gasteiger partial charge >= 0.3 is 0 Å². The highest BCUT2D eigenvalue weighted by molar-refractivity contribution is 5.30. The van der Waals surface area contributed by atoms with E-state index in [-0.39, 0.29) is 5.82 Å². The summed E-state index contributed by atoms with van der Waals surface area (Å²) in [5.74, 6) is -0.381. The molecule has 0 aliphatic rings. The number of hydrogen-bond donors (Lipinski definition) is 1. The Morgan fingerprint density at radius 1 is 0.867 bits per heavy atom. The maximum absolute atomic E-state index is 13.4. The highest BCUT2D eigenvalue weighted by Crippen LogP contribution is 2.23. The predicted octanol–water partition coefficient (Wildman–Crippen LogP) is 2.91. The summed E-state index contributed by atoms with van der Waals surface area (Å²) in [4.78, 5) is 0. The summed E-state index contributed by atoms with van der Waals surface area (Å²) in [6.45, 7) is 0. The minimum atomic E-state index is -0.896. The summed E-state index contributed by atoms with van der Waals surface area (Å²) in [5.41, 5.74) is 1.01. The van der Waals surface area contributed by atoms with E-state index in [2.05, 4.69) is 0 Å². The summed E-state index contributed by atoms with van der Waals surface area (Å²) in [6, 6.07) is 15.3. The standard InChI is InChI=1S/C13H11FO/c14-12-9-5-4-8-11(12)13(15)10-6-2-1-3-7-10/h1-9,13,15H/t13-/m0/s1. The molecule has 0 aliphatic heterocycles. The molecule has 1 atom stereocenters. The second kappa shape index (κ2) is 4.24. The molecule has 2 aromatic rings. The van der Waals surface area contributed by atoms with Crippen LogP contribution in [0.5, 0.6) is 0 Å². The third-order valence-electron chi connectivity index (χ3n) is 2.32. The first-order valence-electron chi connectivity index (χ1n) is 4.76. The molecule has 0 heterocycles. The van der Waals surface area contributed by atoms with Crippen molar-refractivity contribution in [2.45, 2.75) is 6.10 Å². The van der Waals surface area contributed by atoms with E-state index in [0.717, 1.165) is 0 Å². The molecule has 0 saturated heterocycles. The van der Waals surface area contributed by atoms with E-state index < -0.39 is 6.10 Å². The highest BCUT2D eigenvalue weighted by Gasteiger charge is 2.13. The molecule has 0 radical (unpaired) electrons. The minimum Gasteiger partial charge on any atom is -0.384 e. The van der Waals surface area contributed by atoms with Crippen LogP contribution in [0, 0.1) is 5.82 Å². The molecule has 0 fully saturated rings. The van der Waals surface area contributed by atoms with Gasteiger partial charge in [-0.05, 0) is 11.6 Å². The first kappa shape index (κ1) is 9.87. The smallest absolute Gasteiger partial charge is 0.129 e. The summed E-state index contributed by atoms with van der Waals surface area (Å²) in [6.07, 6.45) is -0.896. The summed E-state index contributed by atoms with van der Waals surface area (Å²) < 4.78 is 13.4. The van der Waals surface area contributed by atoms with Gasteiger partial charge < -0.3 is 5.11 Å². The average molecular weight is 202 g/mol. The summed E-state index contributed by atoms with van der Waals surface area (Å²) in [5, 5.41) is 9.93. The van der Waals surface area contributed by atoms with E-state index >= 15 is 0 Å². The molecule has 2 aromatic carbocycles. The molecule has 15 heavy (non-hydrogen) atoms. The minimum absolute atomic E-state index is 0.309. The largest absolute Gasteiger partial charge is 0.384 e. The fourth-order valence-electron chi connectivity index (χ4n) is 1.51. The molecular formula is C13H11FO. The van der Waals surface area contributed by atoms with Crippen LogP contribution >= 0.6 is 0 Å². The van der Waals surface area contributed by atoms with Gasteiger partial charge in [0.25, 0.3) is 0 Å². The van der Waals surface area contributed by atoms with Crippen molar-refractivity contribution >= 4 is 0 Å². The number of aliphatic hydroxyl groups excluding tert-OH is 1. The molecule has 0 bridgehead atoms. The van der Waals surface area contributed by atoms with Crippen molar-refractivity contribution in [3.05, 3.63) is 71.5 Å². The van der Waals surface area contributed by atoms with Crippen molar-refractivity contribution in [2.24, 2.45) is 0 Å². The Morgan fingerprint density at radius 3 is 2.13 bits per heavy atom. The average Bonchev–Trinajstić information content (AvgIpc) is 2.30. The van der Waals surface area contributed by atoms with E-state index in [1.54, 1.807) is 30.3 Å². The molecule has 0 spiro atoms. The van der Waals surface area contributed by atoms with E-state index in [1.807, 2.05) is 18.2 Å².